The largest absolute Gasteiger partial charge is 0.497 e. The second-order valence-electron chi connectivity index (χ2n) is 9.68. The van der Waals surface area contributed by atoms with Crippen molar-refractivity contribution < 1.29 is 23.8 Å². The van der Waals surface area contributed by atoms with Crippen molar-refractivity contribution in [1.82, 2.24) is 20.3 Å². The average Bonchev–Trinajstić information content (AvgIpc) is 3.37. The molecule has 0 aliphatic heterocycles. The van der Waals surface area contributed by atoms with Gasteiger partial charge in [-0.2, -0.15) is 0 Å². The summed E-state index contributed by atoms with van der Waals surface area (Å²) < 4.78 is 17.9. The normalized spacial score (nSPS) is 11.8. The second-order valence-corrected chi connectivity index (χ2v) is 9.68. The third-order valence-electron chi connectivity index (χ3n) is 6.59. The Bertz CT molecular complexity index is 1450. The molecule has 0 spiro atoms. The predicted molar refractivity (Wildman–Crippen MR) is 153 cm³/mol. The zero-order valence-corrected chi connectivity index (χ0v) is 23.5. The highest BCUT2D eigenvalue weighted by atomic mass is 16.5. The summed E-state index contributed by atoms with van der Waals surface area (Å²) in [6, 6.07) is 18.5. The van der Waals surface area contributed by atoms with Gasteiger partial charge in [0.25, 0.3) is 0 Å². The maximum Gasteiger partial charge on any atom is 0.249 e. The van der Waals surface area contributed by atoms with Gasteiger partial charge < -0.3 is 19.5 Å². The van der Waals surface area contributed by atoms with Crippen molar-refractivity contribution in [2.24, 2.45) is 5.92 Å². The highest BCUT2D eigenvalue weighted by molar-refractivity contribution is 6.02. The number of hydrogen-bond acceptors (Lipinski definition) is 7. The van der Waals surface area contributed by atoms with Crippen molar-refractivity contribution >= 4 is 28.5 Å². The van der Waals surface area contributed by atoms with E-state index in [4.69, 9.17) is 14.2 Å². The van der Waals surface area contributed by atoms with E-state index in [1.807, 2.05) is 24.3 Å². The Morgan fingerprint density at radius 2 is 1.62 bits per heavy atom. The fourth-order valence-corrected chi connectivity index (χ4v) is 4.44. The molecule has 0 fully saturated rings. The number of nitrogens with zero attached hydrogens (tertiary/aromatic N) is 4. The molecule has 0 radical (unpaired) electrons. The van der Waals surface area contributed by atoms with Crippen molar-refractivity contribution in [2.75, 3.05) is 32.8 Å². The fourth-order valence-electron chi connectivity index (χ4n) is 4.44. The van der Waals surface area contributed by atoms with Crippen molar-refractivity contribution in [1.29, 1.82) is 0 Å². The summed E-state index contributed by atoms with van der Waals surface area (Å²) >= 11 is 0. The topological polar surface area (TPSA) is 108 Å². The van der Waals surface area contributed by atoms with E-state index >= 15 is 0 Å². The number of ether oxygens (including phenoxy) is 3. The molecule has 0 bridgehead atoms. The summed E-state index contributed by atoms with van der Waals surface area (Å²) in [5, 5.41) is 11.4. The first kappa shape index (κ1) is 28.4. The van der Waals surface area contributed by atoms with E-state index in [-0.39, 0.29) is 18.4 Å². The summed E-state index contributed by atoms with van der Waals surface area (Å²) in [5.41, 5.74) is 2.41. The Kier molecular flexibility index (Phi) is 9.21. The van der Waals surface area contributed by atoms with E-state index in [9.17, 15) is 9.59 Å². The standard InChI is InChI=1S/C30H35N5O5/c1-20(2)16-17-31-30(37)29(24-15-14-23(39-4)18-27(24)40-5)35(21-10-12-22(38-3)13-11-21)28(36)19-34-26-9-7-6-8-25(26)32-33-34/h6-15,18,20,29H,16-17,19H2,1-5H3,(H,31,37). The summed E-state index contributed by atoms with van der Waals surface area (Å²) in [4.78, 5) is 29.6. The van der Waals surface area contributed by atoms with Crippen LogP contribution in [0.15, 0.2) is 66.7 Å². The molecule has 0 saturated heterocycles. The highest BCUT2D eigenvalue weighted by Gasteiger charge is 2.35. The number of carbonyl (C=O) groups is 2. The van der Waals surface area contributed by atoms with Crippen LogP contribution in [0, 0.1) is 5.92 Å². The number of aromatic nitrogens is 3. The van der Waals surface area contributed by atoms with Crippen LogP contribution in [-0.2, 0) is 16.1 Å². The molecule has 1 aromatic heterocycles. The smallest absolute Gasteiger partial charge is 0.249 e. The molecule has 0 saturated carbocycles. The monoisotopic (exact) mass is 545 g/mol. The highest BCUT2D eigenvalue weighted by Crippen LogP contribution is 2.36. The molecule has 1 heterocycles. The summed E-state index contributed by atoms with van der Waals surface area (Å²) in [5.74, 6) is 1.31. The zero-order chi connectivity index (χ0) is 28.6. The molecule has 4 rings (SSSR count). The van der Waals surface area contributed by atoms with Crippen LogP contribution in [0.3, 0.4) is 0 Å². The van der Waals surface area contributed by atoms with E-state index < -0.39 is 6.04 Å². The minimum Gasteiger partial charge on any atom is -0.497 e. The van der Waals surface area contributed by atoms with Gasteiger partial charge in [-0.05, 0) is 60.9 Å². The Morgan fingerprint density at radius 1 is 0.925 bits per heavy atom. The maximum atomic E-state index is 14.2. The van der Waals surface area contributed by atoms with Gasteiger partial charge in [0, 0.05) is 23.9 Å². The quantitative estimate of drug-likeness (QED) is 0.281. The third kappa shape index (κ3) is 6.33. The van der Waals surface area contributed by atoms with Crippen LogP contribution >= 0.6 is 0 Å². The lowest BCUT2D eigenvalue weighted by Gasteiger charge is -2.32. The fraction of sp³-hybridized carbons (Fsp3) is 0.333. The van der Waals surface area contributed by atoms with E-state index in [1.54, 1.807) is 56.7 Å². The molecular weight excluding hydrogens is 510 g/mol. The number of methoxy groups -OCH3 is 3. The first-order valence-electron chi connectivity index (χ1n) is 13.1. The van der Waals surface area contributed by atoms with Crippen molar-refractivity contribution in [3.63, 3.8) is 0 Å². The van der Waals surface area contributed by atoms with Crippen molar-refractivity contribution in [3.8, 4) is 17.2 Å². The summed E-state index contributed by atoms with van der Waals surface area (Å²) in [6.07, 6.45) is 0.791. The van der Waals surface area contributed by atoms with Gasteiger partial charge in [-0.1, -0.05) is 31.2 Å². The Labute approximate surface area is 233 Å². The SMILES string of the molecule is COc1ccc(N(C(=O)Cn2nnc3ccccc32)C(C(=O)NCCC(C)C)c2ccc(OC)cc2OC)cc1. The number of amides is 2. The van der Waals surface area contributed by atoms with E-state index in [2.05, 4.69) is 29.5 Å². The van der Waals surface area contributed by atoms with Crippen molar-refractivity contribution in [3.05, 3.63) is 72.3 Å². The first-order valence-corrected chi connectivity index (χ1v) is 13.1. The Hall–Kier alpha value is -4.60. The second kappa shape index (κ2) is 13.0. The first-order chi connectivity index (χ1) is 19.4. The summed E-state index contributed by atoms with van der Waals surface area (Å²) in [6.45, 7) is 4.50. The van der Waals surface area contributed by atoms with Crippen LogP contribution in [0.1, 0.15) is 31.9 Å². The zero-order valence-electron chi connectivity index (χ0n) is 23.5. The number of hydrogen-bond donors (Lipinski definition) is 1. The van der Waals surface area contributed by atoms with Crippen molar-refractivity contribution in [2.45, 2.75) is 32.9 Å². The van der Waals surface area contributed by atoms with Crippen LogP contribution in [0.5, 0.6) is 17.2 Å². The molecule has 0 aliphatic carbocycles. The molecule has 10 heteroatoms. The van der Waals surface area contributed by atoms with Gasteiger partial charge in [-0.15, -0.1) is 5.10 Å². The molecule has 2 amide bonds. The lowest BCUT2D eigenvalue weighted by atomic mass is 10.0. The van der Waals surface area contributed by atoms with Crippen LogP contribution < -0.4 is 24.4 Å². The molecule has 210 valence electrons. The maximum absolute atomic E-state index is 14.2. The molecule has 1 atom stereocenters. The molecule has 1 N–H and O–H groups in total. The number of para-hydroxylation sites is 1. The van der Waals surface area contributed by atoms with Gasteiger partial charge in [-0.25, -0.2) is 4.68 Å². The lowest BCUT2D eigenvalue weighted by Crippen LogP contribution is -2.45. The number of benzene rings is 3. The number of nitrogens with one attached hydrogen (secondary N) is 1. The van der Waals surface area contributed by atoms with Crippen LogP contribution in [0.2, 0.25) is 0 Å². The number of rotatable bonds is 12. The number of fused-ring (bicyclic) bond motifs is 1. The Morgan fingerprint density at radius 3 is 2.30 bits per heavy atom. The number of carbonyl (C=O) groups excluding carboxylic acids is 2. The molecule has 3 aromatic carbocycles. The number of anilines is 1. The van der Waals surface area contributed by atoms with Gasteiger partial charge in [0.1, 0.15) is 35.4 Å². The van der Waals surface area contributed by atoms with Gasteiger partial charge in [0.05, 0.1) is 26.8 Å². The molecule has 1 unspecified atom stereocenters. The van der Waals surface area contributed by atoms with Crippen LogP contribution in [-0.4, -0.2) is 54.7 Å². The van der Waals surface area contributed by atoms with E-state index in [0.717, 1.165) is 6.42 Å². The van der Waals surface area contributed by atoms with Crippen LogP contribution in [0.4, 0.5) is 5.69 Å². The van der Waals surface area contributed by atoms with Gasteiger partial charge >= 0.3 is 0 Å². The molecular formula is C30H35N5O5. The molecule has 40 heavy (non-hydrogen) atoms. The molecule has 10 nitrogen and oxygen atoms in total. The molecule has 4 aromatic rings. The minimum atomic E-state index is -1.05. The minimum absolute atomic E-state index is 0.138. The van der Waals surface area contributed by atoms with Crippen LogP contribution in [0.25, 0.3) is 11.0 Å². The third-order valence-corrected chi connectivity index (χ3v) is 6.59. The predicted octanol–water partition coefficient (Wildman–Crippen LogP) is 4.39. The Balaban J connectivity index is 1.83. The average molecular weight is 546 g/mol. The lowest BCUT2D eigenvalue weighted by molar-refractivity contribution is -0.127. The van der Waals surface area contributed by atoms with E-state index in [1.165, 1.54) is 16.7 Å². The summed E-state index contributed by atoms with van der Waals surface area (Å²) in [7, 11) is 4.65. The van der Waals surface area contributed by atoms with Gasteiger partial charge in [-0.3, -0.25) is 14.5 Å². The van der Waals surface area contributed by atoms with E-state index in [0.29, 0.717) is 52.0 Å². The van der Waals surface area contributed by atoms with Gasteiger partial charge in [0.15, 0.2) is 0 Å². The molecule has 0 aliphatic rings. The van der Waals surface area contributed by atoms with Gasteiger partial charge in [0.2, 0.25) is 11.8 Å².